The second-order valence-corrected chi connectivity index (χ2v) is 4.72. The van der Waals surface area contributed by atoms with Crippen LogP contribution in [0.4, 0.5) is 0 Å². The van der Waals surface area contributed by atoms with E-state index in [0.29, 0.717) is 0 Å². The van der Waals surface area contributed by atoms with Gasteiger partial charge in [0, 0.05) is 13.0 Å². The highest BCUT2D eigenvalue weighted by atomic mass is 15.1. The molecule has 0 bridgehead atoms. The molecule has 0 aliphatic heterocycles. The Morgan fingerprint density at radius 3 is 2.71 bits per heavy atom. The Kier molecular flexibility index (Phi) is 3.82. The van der Waals surface area contributed by atoms with Gasteiger partial charge in [-0.25, -0.2) is 4.98 Å². The lowest BCUT2D eigenvalue weighted by Crippen LogP contribution is -2.01. The topological polar surface area (TPSA) is 17.8 Å². The van der Waals surface area contributed by atoms with Crippen molar-refractivity contribution in [3.8, 4) is 0 Å². The molecule has 0 fully saturated rings. The van der Waals surface area contributed by atoms with Gasteiger partial charge in [-0.05, 0) is 38.0 Å². The average molecular weight is 230 g/mol. The number of aryl methyl sites for hydroxylation is 3. The zero-order valence-corrected chi connectivity index (χ0v) is 11.2. The van der Waals surface area contributed by atoms with Crippen molar-refractivity contribution in [3.63, 3.8) is 0 Å². The summed E-state index contributed by atoms with van der Waals surface area (Å²) in [5.74, 6) is 1.25. The highest BCUT2D eigenvalue weighted by molar-refractivity contribution is 5.76. The number of nitrogens with zero attached hydrogens (tertiary/aromatic N) is 2. The molecule has 0 aliphatic carbocycles. The zero-order chi connectivity index (χ0) is 12.3. The van der Waals surface area contributed by atoms with Crippen LogP contribution in [0.2, 0.25) is 0 Å². The van der Waals surface area contributed by atoms with Crippen molar-refractivity contribution in [2.24, 2.45) is 0 Å². The zero-order valence-electron chi connectivity index (χ0n) is 11.2. The van der Waals surface area contributed by atoms with Crippen molar-refractivity contribution in [1.82, 2.24) is 9.55 Å². The van der Waals surface area contributed by atoms with Gasteiger partial charge in [-0.3, -0.25) is 0 Å². The average Bonchev–Trinajstić information content (AvgIpc) is 2.66. The first-order valence-corrected chi connectivity index (χ1v) is 6.72. The number of unbranched alkanes of at least 4 members (excludes halogenated alkanes) is 2. The van der Waals surface area contributed by atoms with E-state index in [2.05, 4.69) is 43.5 Å². The third-order valence-corrected chi connectivity index (χ3v) is 3.30. The molecule has 1 heterocycles. The summed E-state index contributed by atoms with van der Waals surface area (Å²) in [5.41, 5.74) is 3.75. The summed E-state index contributed by atoms with van der Waals surface area (Å²) in [5, 5.41) is 0. The molecule has 0 saturated heterocycles. The lowest BCUT2D eigenvalue weighted by Gasteiger charge is -2.05. The first kappa shape index (κ1) is 12.2. The van der Waals surface area contributed by atoms with Crippen LogP contribution in [-0.4, -0.2) is 9.55 Å². The fourth-order valence-corrected chi connectivity index (χ4v) is 2.36. The number of imidazole rings is 1. The van der Waals surface area contributed by atoms with Crippen molar-refractivity contribution < 1.29 is 0 Å². The molecule has 0 aliphatic rings. The van der Waals surface area contributed by atoms with E-state index in [9.17, 15) is 0 Å². The molecule has 2 heteroatoms. The summed E-state index contributed by atoms with van der Waals surface area (Å²) in [6.45, 7) is 7.60. The van der Waals surface area contributed by atoms with E-state index in [1.54, 1.807) is 0 Å². The van der Waals surface area contributed by atoms with Crippen molar-refractivity contribution in [2.75, 3.05) is 0 Å². The van der Waals surface area contributed by atoms with E-state index in [1.807, 2.05) is 0 Å². The molecule has 0 atom stereocenters. The summed E-state index contributed by atoms with van der Waals surface area (Å²) < 4.78 is 2.36. The molecule has 1 aromatic carbocycles. The summed E-state index contributed by atoms with van der Waals surface area (Å²) >= 11 is 0. The second kappa shape index (κ2) is 5.35. The molecule has 2 rings (SSSR count). The SMILES string of the molecule is CCCCCc1nc2ccc(C)cc2n1CC. The molecule has 0 saturated carbocycles. The summed E-state index contributed by atoms with van der Waals surface area (Å²) in [7, 11) is 0. The number of aromatic nitrogens is 2. The standard InChI is InChI=1S/C15H22N2/c1-4-6-7-8-15-16-13-10-9-12(3)11-14(13)17(15)5-2/h9-11H,4-8H2,1-3H3. The Labute approximate surface area is 104 Å². The van der Waals surface area contributed by atoms with Crippen molar-refractivity contribution in [2.45, 2.75) is 53.0 Å². The molecule has 0 radical (unpaired) electrons. The smallest absolute Gasteiger partial charge is 0.109 e. The minimum atomic E-state index is 1.02. The highest BCUT2D eigenvalue weighted by Gasteiger charge is 2.08. The summed E-state index contributed by atoms with van der Waals surface area (Å²) in [6.07, 6.45) is 4.92. The van der Waals surface area contributed by atoms with Crippen LogP contribution in [0.1, 0.15) is 44.5 Å². The molecular weight excluding hydrogens is 208 g/mol. The van der Waals surface area contributed by atoms with Crippen LogP contribution in [0.25, 0.3) is 11.0 Å². The number of hydrogen-bond acceptors (Lipinski definition) is 1. The maximum Gasteiger partial charge on any atom is 0.109 e. The first-order valence-electron chi connectivity index (χ1n) is 6.72. The maximum absolute atomic E-state index is 4.76. The van der Waals surface area contributed by atoms with E-state index >= 15 is 0 Å². The predicted molar refractivity (Wildman–Crippen MR) is 73.4 cm³/mol. The predicted octanol–water partition coefficient (Wildman–Crippen LogP) is 4.10. The molecule has 2 aromatic rings. The van der Waals surface area contributed by atoms with Gasteiger partial charge < -0.3 is 4.57 Å². The van der Waals surface area contributed by atoms with Gasteiger partial charge in [0.15, 0.2) is 0 Å². The molecule has 0 unspecified atom stereocenters. The van der Waals surface area contributed by atoms with Crippen LogP contribution < -0.4 is 0 Å². The lowest BCUT2D eigenvalue weighted by atomic mass is 10.2. The third-order valence-electron chi connectivity index (χ3n) is 3.30. The van der Waals surface area contributed by atoms with E-state index in [0.717, 1.165) is 18.5 Å². The number of rotatable bonds is 5. The van der Waals surface area contributed by atoms with Gasteiger partial charge in [-0.15, -0.1) is 0 Å². The van der Waals surface area contributed by atoms with Gasteiger partial charge in [0.1, 0.15) is 5.82 Å². The Balaban J connectivity index is 2.35. The molecule has 1 aromatic heterocycles. The minimum Gasteiger partial charge on any atom is -0.328 e. The van der Waals surface area contributed by atoms with Gasteiger partial charge in [0.05, 0.1) is 11.0 Å². The van der Waals surface area contributed by atoms with Gasteiger partial charge in [0.25, 0.3) is 0 Å². The van der Waals surface area contributed by atoms with Crippen molar-refractivity contribution in [1.29, 1.82) is 0 Å². The first-order chi connectivity index (χ1) is 8.26. The van der Waals surface area contributed by atoms with Crippen LogP contribution in [-0.2, 0) is 13.0 Å². The molecular formula is C15H22N2. The fourth-order valence-electron chi connectivity index (χ4n) is 2.36. The van der Waals surface area contributed by atoms with Crippen molar-refractivity contribution in [3.05, 3.63) is 29.6 Å². The van der Waals surface area contributed by atoms with Gasteiger partial charge in [-0.2, -0.15) is 0 Å². The molecule has 92 valence electrons. The third kappa shape index (κ3) is 2.51. The van der Waals surface area contributed by atoms with Crippen molar-refractivity contribution >= 4 is 11.0 Å². The Bertz CT molecular complexity index is 497. The van der Waals surface area contributed by atoms with E-state index in [4.69, 9.17) is 4.98 Å². The quantitative estimate of drug-likeness (QED) is 0.707. The van der Waals surface area contributed by atoms with E-state index in [1.165, 1.54) is 36.2 Å². The van der Waals surface area contributed by atoms with Gasteiger partial charge in [-0.1, -0.05) is 25.8 Å². The van der Waals surface area contributed by atoms with Crippen LogP contribution >= 0.6 is 0 Å². The summed E-state index contributed by atoms with van der Waals surface area (Å²) in [6, 6.07) is 6.53. The highest BCUT2D eigenvalue weighted by Crippen LogP contribution is 2.19. The number of hydrogen-bond donors (Lipinski definition) is 0. The largest absolute Gasteiger partial charge is 0.328 e. The molecule has 0 amide bonds. The van der Waals surface area contributed by atoms with Crippen LogP contribution in [0.3, 0.4) is 0 Å². The normalized spacial score (nSPS) is 11.2. The van der Waals surface area contributed by atoms with Gasteiger partial charge >= 0.3 is 0 Å². The Morgan fingerprint density at radius 2 is 2.00 bits per heavy atom. The monoisotopic (exact) mass is 230 g/mol. The molecule has 17 heavy (non-hydrogen) atoms. The van der Waals surface area contributed by atoms with Gasteiger partial charge in [0.2, 0.25) is 0 Å². The molecule has 0 N–H and O–H groups in total. The minimum absolute atomic E-state index is 1.02. The van der Waals surface area contributed by atoms with Crippen LogP contribution in [0, 0.1) is 6.92 Å². The van der Waals surface area contributed by atoms with Crippen LogP contribution in [0.5, 0.6) is 0 Å². The fraction of sp³-hybridized carbons (Fsp3) is 0.533. The van der Waals surface area contributed by atoms with E-state index < -0.39 is 0 Å². The molecule has 0 spiro atoms. The lowest BCUT2D eigenvalue weighted by molar-refractivity contribution is 0.650. The Morgan fingerprint density at radius 1 is 1.18 bits per heavy atom. The summed E-state index contributed by atoms with van der Waals surface area (Å²) in [4.78, 5) is 4.76. The maximum atomic E-state index is 4.76. The second-order valence-electron chi connectivity index (χ2n) is 4.72. The molecule has 2 nitrogen and oxygen atoms in total. The number of fused-ring (bicyclic) bond motifs is 1. The van der Waals surface area contributed by atoms with Crippen LogP contribution in [0.15, 0.2) is 18.2 Å². The Hall–Kier alpha value is -1.31. The number of benzene rings is 1. The van der Waals surface area contributed by atoms with E-state index in [-0.39, 0.29) is 0 Å².